The Balaban J connectivity index is 1.47. The predicted molar refractivity (Wildman–Crippen MR) is 80.5 cm³/mol. The maximum atomic E-state index is 5.88. The van der Waals surface area contributed by atoms with Gasteiger partial charge in [0.25, 0.3) is 0 Å². The molecule has 1 saturated heterocycles. The predicted octanol–water partition coefficient (Wildman–Crippen LogP) is 2.31. The third-order valence-electron chi connectivity index (χ3n) is 3.66. The maximum absolute atomic E-state index is 5.88. The smallest absolute Gasteiger partial charge is 0.0930 e. The Morgan fingerprint density at radius 1 is 1.00 bits per heavy atom. The molecule has 106 valence electrons. The first kappa shape index (κ1) is 13.6. The van der Waals surface area contributed by atoms with Crippen molar-refractivity contribution in [2.75, 3.05) is 26.2 Å². The van der Waals surface area contributed by atoms with E-state index < -0.39 is 0 Å². The number of halogens is 1. The Bertz CT molecular complexity index is 532. The largest absolute Gasteiger partial charge is 0.297 e. The Morgan fingerprint density at radius 2 is 1.70 bits per heavy atom. The van der Waals surface area contributed by atoms with Crippen molar-refractivity contribution in [3.63, 3.8) is 0 Å². The summed E-state index contributed by atoms with van der Waals surface area (Å²) in [7, 11) is 0. The lowest BCUT2D eigenvalue weighted by molar-refractivity contribution is 0.0988. The Morgan fingerprint density at radius 3 is 2.35 bits per heavy atom. The van der Waals surface area contributed by atoms with Gasteiger partial charge in [-0.1, -0.05) is 41.9 Å². The SMILES string of the molecule is Clc1cnn(CN2CCN(Cc3ccccc3)CC2)c1. The highest BCUT2D eigenvalue weighted by molar-refractivity contribution is 6.30. The fourth-order valence-electron chi connectivity index (χ4n) is 2.55. The molecule has 0 saturated carbocycles. The number of piperazine rings is 1. The summed E-state index contributed by atoms with van der Waals surface area (Å²) in [6, 6.07) is 10.7. The van der Waals surface area contributed by atoms with Crippen LogP contribution in [-0.2, 0) is 13.2 Å². The Kier molecular flexibility index (Phi) is 4.35. The Labute approximate surface area is 124 Å². The van der Waals surface area contributed by atoms with E-state index in [1.165, 1.54) is 5.56 Å². The number of aromatic nitrogens is 2. The third kappa shape index (κ3) is 3.60. The summed E-state index contributed by atoms with van der Waals surface area (Å²) in [5.74, 6) is 0. The highest BCUT2D eigenvalue weighted by atomic mass is 35.5. The van der Waals surface area contributed by atoms with Gasteiger partial charge in [0.05, 0.1) is 17.9 Å². The molecule has 0 radical (unpaired) electrons. The van der Waals surface area contributed by atoms with Crippen LogP contribution in [0.2, 0.25) is 5.02 Å². The lowest BCUT2D eigenvalue weighted by atomic mass is 10.2. The van der Waals surface area contributed by atoms with Gasteiger partial charge in [-0.2, -0.15) is 5.10 Å². The molecule has 0 N–H and O–H groups in total. The molecule has 0 unspecified atom stereocenters. The van der Waals surface area contributed by atoms with Crippen LogP contribution in [0.3, 0.4) is 0 Å². The number of hydrogen-bond acceptors (Lipinski definition) is 3. The molecule has 2 heterocycles. The van der Waals surface area contributed by atoms with E-state index in [1.54, 1.807) is 6.20 Å². The summed E-state index contributed by atoms with van der Waals surface area (Å²) >= 11 is 5.88. The number of nitrogens with zero attached hydrogens (tertiary/aromatic N) is 4. The summed E-state index contributed by atoms with van der Waals surface area (Å²) < 4.78 is 1.90. The zero-order valence-electron chi connectivity index (χ0n) is 11.5. The van der Waals surface area contributed by atoms with E-state index in [0.717, 1.165) is 39.4 Å². The summed E-state index contributed by atoms with van der Waals surface area (Å²) in [5, 5.41) is 4.93. The minimum Gasteiger partial charge on any atom is -0.297 e. The van der Waals surface area contributed by atoms with Crippen LogP contribution in [0.4, 0.5) is 0 Å². The van der Waals surface area contributed by atoms with E-state index in [-0.39, 0.29) is 0 Å². The standard InChI is InChI=1S/C15H19ClN4/c16-15-10-17-20(12-15)13-19-8-6-18(7-9-19)11-14-4-2-1-3-5-14/h1-5,10,12H,6-9,11,13H2. The lowest BCUT2D eigenvalue weighted by Crippen LogP contribution is -2.46. The van der Waals surface area contributed by atoms with Gasteiger partial charge in [-0.05, 0) is 5.56 Å². The molecule has 1 aromatic carbocycles. The molecule has 5 heteroatoms. The van der Waals surface area contributed by atoms with E-state index in [9.17, 15) is 0 Å². The average Bonchev–Trinajstić information content (AvgIpc) is 2.88. The van der Waals surface area contributed by atoms with Gasteiger partial charge in [0.15, 0.2) is 0 Å². The fraction of sp³-hybridized carbons (Fsp3) is 0.400. The number of rotatable bonds is 4. The quantitative estimate of drug-likeness (QED) is 0.864. The molecule has 0 atom stereocenters. The van der Waals surface area contributed by atoms with Crippen molar-refractivity contribution >= 4 is 11.6 Å². The molecule has 1 fully saturated rings. The zero-order chi connectivity index (χ0) is 13.8. The molecule has 0 bridgehead atoms. The molecule has 0 amide bonds. The van der Waals surface area contributed by atoms with Crippen molar-refractivity contribution in [1.82, 2.24) is 19.6 Å². The van der Waals surface area contributed by atoms with Gasteiger partial charge in [0, 0.05) is 38.9 Å². The van der Waals surface area contributed by atoms with Crippen molar-refractivity contribution in [3.05, 3.63) is 53.3 Å². The van der Waals surface area contributed by atoms with E-state index in [2.05, 4.69) is 45.2 Å². The lowest BCUT2D eigenvalue weighted by Gasteiger charge is -2.34. The van der Waals surface area contributed by atoms with E-state index in [4.69, 9.17) is 11.6 Å². The zero-order valence-corrected chi connectivity index (χ0v) is 12.2. The van der Waals surface area contributed by atoms with Crippen LogP contribution in [0.1, 0.15) is 5.56 Å². The monoisotopic (exact) mass is 290 g/mol. The van der Waals surface area contributed by atoms with Crippen LogP contribution in [0.15, 0.2) is 42.7 Å². The van der Waals surface area contributed by atoms with E-state index in [1.807, 2.05) is 10.9 Å². The van der Waals surface area contributed by atoms with E-state index in [0.29, 0.717) is 5.02 Å². The molecule has 3 rings (SSSR count). The van der Waals surface area contributed by atoms with Crippen molar-refractivity contribution < 1.29 is 0 Å². The van der Waals surface area contributed by atoms with Crippen molar-refractivity contribution in [3.8, 4) is 0 Å². The van der Waals surface area contributed by atoms with Crippen molar-refractivity contribution in [2.45, 2.75) is 13.2 Å². The third-order valence-corrected chi connectivity index (χ3v) is 3.86. The Hall–Kier alpha value is -1.36. The molecule has 0 spiro atoms. The summed E-state index contributed by atoms with van der Waals surface area (Å²) in [4.78, 5) is 4.91. The molecule has 0 aliphatic carbocycles. The minimum absolute atomic E-state index is 0.702. The van der Waals surface area contributed by atoms with Gasteiger partial charge in [-0.25, -0.2) is 0 Å². The van der Waals surface area contributed by atoms with E-state index >= 15 is 0 Å². The first-order valence-electron chi connectivity index (χ1n) is 6.96. The van der Waals surface area contributed by atoms with Crippen molar-refractivity contribution in [2.24, 2.45) is 0 Å². The highest BCUT2D eigenvalue weighted by Crippen LogP contribution is 2.10. The average molecular weight is 291 g/mol. The first-order chi connectivity index (χ1) is 9.79. The summed E-state index contributed by atoms with van der Waals surface area (Å²) in [6.07, 6.45) is 3.56. The van der Waals surface area contributed by atoms with Gasteiger partial charge in [0.1, 0.15) is 0 Å². The van der Waals surface area contributed by atoms with Gasteiger partial charge < -0.3 is 0 Å². The molecule has 1 aliphatic rings. The van der Waals surface area contributed by atoms with Crippen LogP contribution >= 0.6 is 11.6 Å². The summed E-state index contributed by atoms with van der Waals surface area (Å²) in [5.41, 5.74) is 1.39. The minimum atomic E-state index is 0.702. The van der Waals surface area contributed by atoms with Crippen LogP contribution in [0, 0.1) is 0 Å². The number of benzene rings is 1. The normalized spacial score (nSPS) is 17.4. The highest BCUT2D eigenvalue weighted by Gasteiger charge is 2.17. The van der Waals surface area contributed by atoms with Gasteiger partial charge in [-0.3, -0.25) is 14.5 Å². The molecule has 2 aromatic rings. The van der Waals surface area contributed by atoms with Crippen LogP contribution in [0.25, 0.3) is 0 Å². The summed E-state index contributed by atoms with van der Waals surface area (Å²) in [6.45, 7) is 6.22. The molecule has 20 heavy (non-hydrogen) atoms. The van der Waals surface area contributed by atoms with Crippen LogP contribution < -0.4 is 0 Å². The van der Waals surface area contributed by atoms with Crippen molar-refractivity contribution in [1.29, 1.82) is 0 Å². The molecular weight excluding hydrogens is 272 g/mol. The second-order valence-electron chi connectivity index (χ2n) is 5.22. The topological polar surface area (TPSA) is 24.3 Å². The molecule has 1 aliphatic heterocycles. The second-order valence-corrected chi connectivity index (χ2v) is 5.66. The molecule has 1 aromatic heterocycles. The second kappa shape index (κ2) is 6.39. The molecular formula is C15H19ClN4. The van der Waals surface area contributed by atoms with Crippen LogP contribution in [0.5, 0.6) is 0 Å². The first-order valence-corrected chi connectivity index (χ1v) is 7.34. The van der Waals surface area contributed by atoms with Gasteiger partial charge in [0.2, 0.25) is 0 Å². The van der Waals surface area contributed by atoms with Gasteiger partial charge >= 0.3 is 0 Å². The number of hydrogen-bond donors (Lipinski definition) is 0. The van der Waals surface area contributed by atoms with Gasteiger partial charge in [-0.15, -0.1) is 0 Å². The van der Waals surface area contributed by atoms with Crippen LogP contribution in [-0.4, -0.2) is 45.8 Å². The molecule has 4 nitrogen and oxygen atoms in total. The maximum Gasteiger partial charge on any atom is 0.0930 e. The fourth-order valence-corrected chi connectivity index (χ4v) is 2.71.